The maximum Gasteiger partial charge on any atom is 0.255 e. The van der Waals surface area contributed by atoms with Gasteiger partial charge in [-0.05, 0) is 55.0 Å². The third kappa shape index (κ3) is 4.29. The van der Waals surface area contributed by atoms with E-state index >= 15 is 0 Å². The molecule has 130 valence electrons. The summed E-state index contributed by atoms with van der Waals surface area (Å²) in [5.41, 5.74) is 3.11. The lowest BCUT2D eigenvalue weighted by molar-refractivity contribution is 0.102. The molecule has 3 aromatic rings. The summed E-state index contributed by atoms with van der Waals surface area (Å²) >= 11 is 5.93. The minimum absolute atomic E-state index is 0.267. The van der Waals surface area contributed by atoms with Gasteiger partial charge in [-0.15, -0.1) is 0 Å². The number of hydrogen-bond acceptors (Lipinski definition) is 2. The number of amides is 2. The molecule has 0 saturated carbocycles. The average molecular weight is 365 g/mol. The Morgan fingerprint density at radius 1 is 0.769 bits per heavy atom. The quantitative estimate of drug-likeness (QED) is 0.672. The Morgan fingerprint density at radius 2 is 1.42 bits per heavy atom. The predicted octanol–water partition coefficient (Wildman–Crippen LogP) is 5.15. The van der Waals surface area contributed by atoms with E-state index in [0.29, 0.717) is 21.8 Å². The van der Waals surface area contributed by atoms with Crippen molar-refractivity contribution in [1.82, 2.24) is 0 Å². The molecule has 26 heavy (non-hydrogen) atoms. The van der Waals surface area contributed by atoms with Crippen molar-refractivity contribution < 1.29 is 9.59 Å². The number of aryl methyl sites for hydroxylation is 1. The molecule has 0 radical (unpaired) electrons. The fraction of sp³-hybridized carbons (Fsp3) is 0.0476. The first kappa shape index (κ1) is 17.7. The van der Waals surface area contributed by atoms with Crippen LogP contribution in [0.5, 0.6) is 0 Å². The SMILES string of the molecule is Cc1ccccc1NC(=O)c1cccc(C(=O)Nc2cccc(Cl)c2)c1. The molecule has 0 aliphatic heterocycles. The zero-order valence-electron chi connectivity index (χ0n) is 14.1. The van der Waals surface area contributed by atoms with E-state index in [1.54, 1.807) is 48.5 Å². The molecule has 0 aliphatic rings. The lowest BCUT2D eigenvalue weighted by Crippen LogP contribution is -2.16. The summed E-state index contributed by atoms with van der Waals surface area (Å²) in [5, 5.41) is 6.17. The van der Waals surface area contributed by atoms with Gasteiger partial charge in [0.1, 0.15) is 0 Å². The first-order valence-electron chi connectivity index (χ1n) is 8.07. The highest BCUT2D eigenvalue weighted by molar-refractivity contribution is 6.31. The highest BCUT2D eigenvalue weighted by Crippen LogP contribution is 2.18. The van der Waals surface area contributed by atoms with Crippen molar-refractivity contribution in [3.05, 3.63) is 94.5 Å². The molecule has 2 amide bonds. The van der Waals surface area contributed by atoms with Crippen molar-refractivity contribution in [3.63, 3.8) is 0 Å². The van der Waals surface area contributed by atoms with Crippen LogP contribution in [0.3, 0.4) is 0 Å². The van der Waals surface area contributed by atoms with Gasteiger partial charge in [0.2, 0.25) is 0 Å². The van der Waals surface area contributed by atoms with E-state index < -0.39 is 0 Å². The van der Waals surface area contributed by atoms with Crippen LogP contribution in [0.1, 0.15) is 26.3 Å². The Morgan fingerprint density at radius 3 is 2.12 bits per heavy atom. The molecule has 0 atom stereocenters. The molecule has 0 unspecified atom stereocenters. The Labute approximate surface area is 156 Å². The van der Waals surface area contributed by atoms with Crippen LogP contribution in [-0.2, 0) is 0 Å². The summed E-state index contributed by atoms with van der Waals surface area (Å²) in [4.78, 5) is 24.9. The van der Waals surface area contributed by atoms with E-state index in [2.05, 4.69) is 10.6 Å². The number of carbonyl (C=O) groups excluding carboxylic acids is 2. The van der Waals surface area contributed by atoms with Crippen molar-refractivity contribution in [3.8, 4) is 0 Å². The molecule has 0 fully saturated rings. The Bertz CT molecular complexity index is 969. The molecule has 0 aromatic heterocycles. The zero-order valence-corrected chi connectivity index (χ0v) is 14.9. The lowest BCUT2D eigenvalue weighted by atomic mass is 10.1. The van der Waals surface area contributed by atoms with Gasteiger partial charge in [-0.3, -0.25) is 9.59 Å². The van der Waals surface area contributed by atoms with Crippen LogP contribution in [0, 0.1) is 6.92 Å². The van der Waals surface area contributed by atoms with Crippen LogP contribution in [-0.4, -0.2) is 11.8 Å². The molecular weight excluding hydrogens is 348 g/mol. The number of rotatable bonds is 4. The smallest absolute Gasteiger partial charge is 0.255 e. The van der Waals surface area contributed by atoms with Crippen LogP contribution in [0.15, 0.2) is 72.8 Å². The summed E-state index contributed by atoms with van der Waals surface area (Å²) in [5.74, 6) is -0.575. The second kappa shape index (κ2) is 7.85. The van der Waals surface area contributed by atoms with E-state index in [4.69, 9.17) is 11.6 Å². The summed E-state index contributed by atoms with van der Waals surface area (Å²) in [7, 11) is 0. The molecule has 0 aliphatic carbocycles. The average Bonchev–Trinajstić information content (AvgIpc) is 2.63. The van der Waals surface area contributed by atoms with E-state index in [9.17, 15) is 9.59 Å². The molecule has 0 heterocycles. The minimum atomic E-state index is -0.308. The molecular formula is C21H17ClN2O2. The molecule has 0 saturated heterocycles. The predicted molar refractivity (Wildman–Crippen MR) is 105 cm³/mol. The third-order valence-corrected chi connectivity index (χ3v) is 4.10. The van der Waals surface area contributed by atoms with Gasteiger partial charge < -0.3 is 10.6 Å². The monoisotopic (exact) mass is 364 g/mol. The summed E-state index contributed by atoms with van der Waals surface area (Å²) < 4.78 is 0. The molecule has 3 aromatic carbocycles. The van der Waals surface area contributed by atoms with Gasteiger partial charge in [0.25, 0.3) is 11.8 Å². The van der Waals surface area contributed by atoms with Crippen LogP contribution >= 0.6 is 11.6 Å². The fourth-order valence-corrected chi connectivity index (χ4v) is 2.67. The van der Waals surface area contributed by atoms with E-state index in [-0.39, 0.29) is 11.8 Å². The highest BCUT2D eigenvalue weighted by atomic mass is 35.5. The number of anilines is 2. The number of benzene rings is 3. The van der Waals surface area contributed by atoms with Gasteiger partial charge >= 0.3 is 0 Å². The van der Waals surface area contributed by atoms with Crippen molar-refractivity contribution in [2.45, 2.75) is 6.92 Å². The Kier molecular flexibility index (Phi) is 5.34. The van der Waals surface area contributed by atoms with Gasteiger partial charge in [0, 0.05) is 27.5 Å². The molecule has 0 spiro atoms. The van der Waals surface area contributed by atoms with Crippen LogP contribution in [0.4, 0.5) is 11.4 Å². The van der Waals surface area contributed by atoms with E-state index in [1.165, 1.54) is 0 Å². The number of carbonyl (C=O) groups is 2. The van der Waals surface area contributed by atoms with Crippen LogP contribution in [0.25, 0.3) is 0 Å². The molecule has 5 heteroatoms. The van der Waals surface area contributed by atoms with Gasteiger partial charge in [-0.2, -0.15) is 0 Å². The number of halogens is 1. The molecule has 4 nitrogen and oxygen atoms in total. The first-order chi connectivity index (χ1) is 12.5. The third-order valence-electron chi connectivity index (χ3n) is 3.86. The second-order valence-electron chi connectivity index (χ2n) is 5.81. The maximum absolute atomic E-state index is 12.5. The van der Waals surface area contributed by atoms with Crippen LogP contribution in [0.2, 0.25) is 5.02 Å². The van der Waals surface area contributed by atoms with Gasteiger partial charge in [0.05, 0.1) is 0 Å². The standard InChI is InChI=1S/C21H17ClN2O2/c1-14-6-2-3-11-19(14)24-21(26)16-8-4-7-15(12-16)20(25)23-18-10-5-9-17(22)13-18/h2-13H,1H3,(H,23,25)(H,24,26). The van der Waals surface area contributed by atoms with Crippen molar-refractivity contribution in [2.75, 3.05) is 10.6 Å². The Hall–Kier alpha value is -3.11. The fourth-order valence-electron chi connectivity index (χ4n) is 2.48. The van der Waals surface area contributed by atoms with Crippen LogP contribution < -0.4 is 10.6 Å². The molecule has 2 N–H and O–H groups in total. The molecule has 0 bridgehead atoms. The largest absolute Gasteiger partial charge is 0.322 e. The lowest BCUT2D eigenvalue weighted by Gasteiger charge is -2.10. The zero-order chi connectivity index (χ0) is 18.5. The van der Waals surface area contributed by atoms with E-state index in [1.807, 2.05) is 31.2 Å². The normalized spacial score (nSPS) is 10.2. The van der Waals surface area contributed by atoms with Crippen molar-refractivity contribution >= 4 is 34.8 Å². The second-order valence-corrected chi connectivity index (χ2v) is 6.25. The number of hydrogen-bond donors (Lipinski definition) is 2. The highest BCUT2D eigenvalue weighted by Gasteiger charge is 2.12. The summed E-state index contributed by atoms with van der Waals surface area (Å²) in [6, 6.07) is 21.0. The van der Waals surface area contributed by atoms with E-state index in [0.717, 1.165) is 11.3 Å². The first-order valence-corrected chi connectivity index (χ1v) is 8.45. The Balaban J connectivity index is 1.76. The summed E-state index contributed by atoms with van der Waals surface area (Å²) in [6.07, 6.45) is 0. The van der Waals surface area contributed by atoms with Crippen molar-refractivity contribution in [1.29, 1.82) is 0 Å². The number of nitrogens with one attached hydrogen (secondary N) is 2. The van der Waals surface area contributed by atoms with Gasteiger partial charge in [-0.1, -0.05) is 41.9 Å². The topological polar surface area (TPSA) is 58.2 Å². The minimum Gasteiger partial charge on any atom is -0.322 e. The number of para-hydroxylation sites is 1. The summed E-state index contributed by atoms with van der Waals surface area (Å²) in [6.45, 7) is 1.92. The maximum atomic E-state index is 12.5. The van der Waals surface area contributed by atoms with Gasteiger partial charge in [-0.25, -0.2) is 0 Å². The van der Waals surface area contributed by atoms with Crippen molar-refractivity contribution in [2.24, 2.45) is 0 Å². The van der Waals surface area contributed by atoms with Gasteiger partial charge in [0.15, 0.2) is 0 Å². The molecule has 3 rings (SSSR count).